The fourth-order valence-corrected chi connectivity index (χ4v) is 4.96. The number of aromatic nitrogens is 2. The van der Waals surface area contributed by atoms with Gasteiger partial charge in [0.05, 0.1) is 23.4 Å². The SMILES string of the molecule is CCOC(=O)c1cnc2c(Cl)cc(S(=O)(=O)N(C(=O)OC(C)(C)C)C3(C)CC3)cn12. The molecule has 1 aliphatic rings. The van der Waals surface area contributed by atoms with Crippen LogP contribution < -0.4 is 0 Å². The molecule has 1 saturated carbocycles. The summed E-state index contributed by atoms with van der Waals surface area (Å²) in [6, 6.07) is 1.21. The van der Waals surface area contributed by atoms with E-state index in [1.807, 2.05) is 0 Å². The predicted octanol–water partition coefficient (Wildman–Crippen LogP) is 3.64. The molecule has 3 rings (SSSR count). The van der Waals surface area contributed by atoms with Gasteiger partial charge in [-0.2, -0.15) is 4.31 Å². The van der Waals surface area contributed by atoms with Crippen molar-refractivity contribution in [3.8, 4) is 0 Å². The highest BCUT2D eigenvalue weighted by Gasteiger charge is 2.53. The maximum Gasteiger partial charge on any atom is 0.424 e. The van der Waals surface area contributed by atoms with E-state index >= 15 is 0 Å². The van der Waals surface area contributed by atoms with Gasteiger partial charge in [-0.1, -0.05) is 11.6 Å². The van der Waals surface area contributed by atoms with Gasteiger partial charge < -0.3 is 9.47 Å². The minimum atomic E-state index is -4.34. The summed E-state index contributed by atoms with van der Waals surface area (Å²) in [4.78, 5) is 28.8. The number of imidazole rings is 1. The Morgan fingerprint density at radius 2 is 1.97 bits per heavy atom. The standard InChI is InChI=1S/C19H24ClN3O6S/c1-6-28-16(24)14-10-21-15-13(20)9-12(11-22(14)15)30(26,27)23(19(5)7-8-19)17(25)29-18(2,3)4/h9-11H,6-8H2,1-5H3. The van der Waals surface area contributed by atoms with Gasteiger partial charge in [-0.05, 0) is 53.5 Å². The molecule has 2 heterocycles. The fraction of sp³-hybridized carbons (Fsp3) is 0.526. The van der Waals surface area contributed by atoms with Crippen LogP contribution in [0.4, 0.5) is 4.79 Å². The Kier molecular flexibility index (Phi) is 5.53. The molecule has 0 aromatic carbocycles. The Bertz CT molecular complexity index is 1120. The number of fused-ring (bicyclic) bond motifs is 1. The van der Waals surface area contributed by atoms with Crippen LogP contribution in [0.5, 0.6) is 0 Å². The topological polar surface area (TPSA) is 107 Å². The monoisotopic (exact) mass is 457 g/mol. The number of carbonyl (C=O) groups is 2. The first-order valence-corrected chi connectivity index (χ1v) is 11.2. The molecule has 11 heteroatoms. The van der Waals surface area contributed by atoms with Gasteiger partial charge in [0.25, 0.3) is 10.0 Å². The molecule has 0 spiro atoms. The van der Waals surface area contributed by atoms with Crippen LogP contribution in [0.1, 0.15) is 57.9 Å². The van der Waals surface area contributed by atoms with Crippen LogP contribution in [-0.2, 0) is 19.5 Å². The predicted molar refractivity (Wildman–Crippen MR) is 109 cm³/mol. The third kappa shape index (κ3) is 4.11. The van der Waals surface area contributed by atoms with Crippen LogP contribution in [0.15, 0.2) is 23.4 Å². The lowest BCUT2D eigenvalue weighted by atomic mass is 10.2. The molecule has 0 radical (unpaired) electrons. The Hall–Kier alpha value is -2.33. The zero-order valence-corrected chi connectivity index (χ0v) is 19.0. The molecule has 2 aromatic heterocycles. The van der Waals surface area contributed by atoms with Crippen molar-refractivity contribution in [2.24, 2.45) is 0 Å². The Morgan fingerprint density at radius 3 is 2.50 bits per heavy atom. The molecule has 1 aliphatic carbocycles. The van der Waals surface area contributed by atoms with Gasteiger partial charge >= 0.3 is 12.1 Å². The van der Waals surface area contributed by atoms with Gasteiger partial charge in [0.15, 0.2) is 11.3 Å². The summed E-state index contributed by atoms with van der Waals surface area (Å²) in [5.74, 6) is -0.672. The number of nitrogens with zero attached hydrogens (tertiary/aromatic N) is 3. The van der Waals surface area contributed by atoms with E-state index in [0.29, 0.717) is 12.8 Å². The van der Waals surface area contributed by atoms with E-state index in [4.69, 9.17) is 21.1 Å². The molecule has 9 nitrogen and oxygen atoms in total. The first-order chi connectivity index (χ1) is 13.8. The molecule has 1 fully saturated rings. The molecule has 0 atom stereocenters. The van der Waals surface area contributed by atoms with Crippen LogP contribution in [0.2, 0.25) is 5.02 Å². The van der Waals surface area contributed by atoms with Crippen LogP contribution in [0, 0.1) is 0 Å². The van der Waals surface area contributed by atoms with Gasteiger partial charge in [0.1, 0.15) is 10.5 Å². The quantitative estimate of drug-likeness (QED) is 0.630. The number of hydrogen-bond acceptors (Lipinski definition) is 7. The zero-order chi connectivity index (χ0) is 22.5. The van der Waals surface area contributed by atoms with E-state index < -0.39 is 33.2 Å². The van der Waals surface area contributed by atoms with Gasteiger partial charge in [-0.3, -0.25) is 4.40 Å². The second kappa shape index (κ2) is 7.42. The van der Waals surface area contributed by atoms with E-state index in [2.05, 4.69) is 4.98 Å². The molecule has 1 amide bonds. The van der Waals surface area contributed by atoms with E-state index in [9.17, 15) is 18.0 Å². The number of amides is 1. The van der Waals surface area contributed by atoms with Crippen molar-refractivity contribution in [1.29, 1.82) is 0 Å². The van der Waals surface area contributed by atoms with Crippen molar-refractivity contribution < 1.29 is 27.5 Å². The average Bonchev–Trinajstić information content (AvgIpc) is 3.16. The van der Waals surface area contributed by atoms with E-state index in [-0.39, 0.29) is 27.9 Å². The summed E-state index contributed by atoms with van der Waals surface area (Å²) in [6.45, 7) is 8.44. The third-order valence-electron chi connectivity index (χ3n) is 4.58. The Labute approximate surface area is 180 Å². The van der Waals surface area contributed by atoms with Crippen molar-refractivity contribution in [2.75, 3.05) is 6.61 Å². The Balaban J connectivity index is 2.13. The molecular weight excluding hydrogens is 434 g/mol. The number of rotatable bonds is 5. The fourth-order valence-electron chi connectivity index (χ4n) is 2.92. The highest BCUT2D eigenvalue weighted by molar-refractivity contribution is 7.89. The smallest absolute Gasteiger partial charge is 0.424 e. The number of sulfonamides is 1. The van der Waals surface area contributed by atoms with Gasteiger partial charge in [-0.25, -0.2) is 23.0 Å². The van der Waals surface area contributed by atoms with Crippen LogP contribution in [0.3, 0.4) is 0 Å². The number of hydrogen-bond donors (Lipinski definition) is 0. The molecular formula is C19H24ClN3O6S. The summed E-state index contributed by atoms with van der Waals surface area (Å²) >= 11 is 6.25. The largest absolute Gasteiger partial charge is 0.461 e. The minimum absolute atomic E-state index is 0.0108. The molecule has 0 bridgehead atoms. The minimum Gasteiger partial charge on any atom is -0.461 e. The summed E-state index contributed by atoms with van der Waals surface area (Å²) in [5, 5.41) is 0.0108. The highest BCUT2D eigenvalue weighted by atomic mass is 35.5. The molecule has 0 aliphatic heterocycles. The van der Waals surface area contributed by atoms with Crippen molar-refractivity contribution in [3.05, 3.63) is 29.2 Å². The number of halogens is 1. The summed E-state index contributed by atoms with van der Waals surface area (Å²) in [5.41, 5.74) is -1.55. The number of carbonyl (C=O) groups excluding carboxylic acids is 2. The van der Waals surface area contributed by atoms with Crippen molar-refractivity contribution in [1.82, 2.24) is 13.7 Å². The zero-order valence-electron chi connectivity index (χ0n) is 17.4. The summed E-state index contributed by atoms with van der Waals surface area (Å²) in [6.07, 6.45) is 2.53. The first-order valence-electron chi connectivity index (χ1n) is 9.42. The van der Waals surface area contributed by atoms with Gasteiger partial charge in [0, 0.05) is 6.20 Å². The molecule has 0 unspecified atom stereocenters. The van der Waals surface area contributed by atoms with Gasteiger partial charge in [0.2, 0.25) is 0 Å². The molecule has 0 saturated heterocycles. The maximum absolute atomic E-state index is 13.5. The Morgan fingerprint density at radius 1 is 1.33 bits per heavy atom. The average molecular weight is 458 g/mol. The van der Waals surface area contributed by atoms with Crippen LogP contribution in [0.25, 0.3) is 5.65 Å². The molecule has 164 valence electrons. The van der Waals surface area contributed by atoms with Gasteiger partial charge in [-0.15, -0.1) is 0 Å². The lowest BCUT2D eigenvalue weighted by molar-refractivity contribution is 0.0331. The lowest BCUT2D eigenvalue weighted by Crippen LogP contribution is -2.47. The lowest BCUT2D eigenvalue weighted by Gasteiger charge is -2.31. The van der Waals surface area contributed by atoms with E-state index in [0.717, 1.165) is 4.31 Å². The molecule has 30 heavy (non-hydrogen) atoms. The molecule has 0 N–H and O–H groups in total. The van der Waals surface area contributed by atoms with Crippen molar-refractivity contribution >= 4 is 39.3 Å². The number of pyridine rings is 1. The summed E-state index contributed by atoms with van der Waals surface area (Å²) < 4.78 is 39.3. The van der Waals surface area contributed by atoms with E-state index in [1.54, 1.807) is 34.6 Å². The second-order valence-electron chi connectivity index (χ2n) is 8.33. The first kappa shape index (κ1) is 22.4. The van der Waals surface area contributed by atoms with Crippen molar-refractivity contribution in [2.45, 2.75) is 63.5 Å². The number of ether oxygens (including phenoxy) is 2. The maximum atomic E-state index is 13.5. The summed E-state index contributed by atoms with van der Waals surface area (Å²) in [7, 11) is -4.34. The normalized spacial score (nSPS) is 15.7. The second-order valence-corrected chi connectivity index (χ2v) is 10.5. The van der Waals surface area contributed by atoms with Crippen LogP contribution in [-0.4, -0.2) is 51.9 Å². The third-order valence-corrected chi connectivity index (χ3v) is 6.75. The van der Waals surface area contributed by atoms with Crippen LogP contribution >= 0.6 is 11.6 Å². The van der Waals surface area contributed by atoms with Crippen molar-refractivity contribution in [3.63, 3.8) is 0 Å². The number of esters is 1. The molecule has 2 aromatic rings. The highest BCUT2D eigenvalue weighted by Crippen LogP contribution is 2.45. The van der Waals surface area contributed by atoms with E-state index in [1.165, 1.54) is 22.9 Å².